The molecule has 0 fully saturated rings. The number of nitro groups is 2. The first-order valence-electron chi connectivity index (χ1n) is 7.17. The second-order valence-electron chi connectivity index (χ2n) is 5.36. The van der Waals surface area contributed by atoms with Gasteiger partial charge in [0.25, 0.3) is 5.69 Å². The van der Waals surface area contributed by atoms with Crippen molar-refractivity contribution in [3.63, 3.8) is 0 Å². The topological polar surface area (TPSA) is 136 Å². The second-order valence-corrected chi connectivity index (χ2v) is 5.36. The van der Waals surface area contributed by atoms with Crippen molar-refractivity contribution in [1.29, 1.82) is 0 Å². The van der Waals surface area contributed by atoms with Crippen LogP contribution in [0.4, 0.5) is 35.9 Å². The van der Waals surface area contributed by atoms with Gasteiger partial charge in [-0.2, -0.15) is 13.2 Å². The van der Waals surface area contributed by atoms with Crippen molar-refractivity contribution >= 4 is 22.7 Å². The van der Waals surface area contributed by atoms with Crippen LogP contribution in [-0.4, -0.2) is 34.1 Å². The maximum Gasteiger partial charge on any atom is 0.418 e. The molecule has 25 heavy (non-hydrogen) atoms. The lowest BCUT2D eigenvalue weighted by atomic mass is 10.1. The number of hydrogen-bond donors (Lipinski definition) is 2. The van der Waals surface area contributed by atoms with E-state index in [0.29, 0.717) is 6.42 Å². The van der Waals surface area contributed by atoms with Gasteiger partial charge >= 0.3 is 11.9 Å². The number of nitrogens with two attached hydrogens (primary N) is 1. The second kappa shape index (κ2) is 7.51. The van der Waals surface area contributed by atoms with E-state index in [-0.39, 0.29) is 19.2 Å². The van der Waals surface area contributed by atoms with Gasteiger partial charge in [-0.3, -0.25) is 20.2 Å². The van der Waals surface area contributed by atoms with Crippen LogP contribution >= 0.6 is 0 Å². The lowest BCUT2D eigenvalue weighted by Gasteiger charge is -2.26. The summed E-state index contributed by atoms with van der Waals surface area (Å²) in [5.74, 6) is 0. The van der Waals surface area contributed by atoms with Crippen molar-refractivity contribution in [2.75, 3.05) is 23.7 Å². The molecule has 140 valence electrons. The van der Waals surface area contributed by atoms with Gasteiger partial charge in [0.05, 0.1) is 21.5 Å². The predicted octanol–water partition coefficient (Wildman–Crippen LogP) is 2.70. The third-order valence-corrected chi connectivity index (χ3v) is 3.27. The fraction of sp³-hybridized carbons (Fsp3) is 0.538. The van der Waals surface area contributed by atoms with Crippen LogP contribution in [0.2, 0.25) is 0 Å². The molecule has 1 unspecified atom stereocenters. The van der Waals surface area contributed by atoms with Gasteiger partial charge < -0.3 is 15.7 Å². The molecule has 1 aromatic carbocycles. The lowest BCUT2D eigenvalue weighted by Crippen LogP contribution is -2.33. The van der Waals surface area contributed by atoms with E-state index in [1.54, 1.807) is 6.92 Å². The zero-order valence-electron chi connectivity index (χ0n) is 13.4. The highest BCUT2D eigenvalue weighted by atomic mass is 19.4. The van der Waals surface area contributed by atoms with Gasteiger partial charge in [-0.25, -0.2) is 0 Å². The van der Waals surface area contributed by atoms with Gasteiger partial charge in [-0.15, -0.1) is 0 Å². The summed E-state index contributed by atoms with van der Waals surface area (Å²) >= 11 is 0. The number of aliphatic hydroxyl groups is 1. The Hall–Kier alpha value is -2.63. The molecule has 12 heteroatoms. The van der Waals surface area contributed by atoms with Gasteiger partial charge in [0.2, 0.25) is 0 Å². The van der Waals surface area contributed by atoms with Crippen molar-refractivity contribution in [2.45, 2.75) is 32.5 Å². The molecule has 3 N–H and O–H groups in total. The highest BCUT2D eigenvalue weighted by Crippen LogP contribution is 2.48. The zero-order valence-corrected chi connectivity index (χ0v) is 13.4. The van der Waals surface area contributed by atoms with E-state index in [1.165, 1.54) is 6.92 Å². The summed E-state index contributed by atoms with van der Waals surface area (Å²) in [6.07, 6.45) is -5.76. The van der Waals surface area contributed by atoms with E-state index in [2.05, 4.69) is 0 Å². The minimum atomic E-state index is -5.10. The number of anilines is 2. The minimum Gasteiger partial charge on any atom is -0.393 e. The van der Waals surface area contributed by atoms with Gasteiger partial charge in [-0.05, 0) is 13.3 Å². The SMILES string of the molecule is CCCN(CC(C)O)c1c([N+](=O)[O-])cc(C(F)(F)F)c(N)c1[N+](=O)[O-]. The van der Waals surface area contributed by atoms with E-state index in [0.717, 1.165) is 4.90 Å². The van der Waals surface area contributed by atoms with Gasteiger partial charge in [-0.1, -0.05) is 6.92 Å². The largest absolute Gasteiger partial charge is 0.418 e. The number of alkyl halides is 3. The van der Waals surface area contributed by atoms with Crippen LogP contribution in [0.5, 0.6) is 0 Å². The molecule has 9 nitrogen and oxygen atoms in total. The van der Waals surface area contributed by atoms with Crippen LogP contribution in [0.1, 0.15) is 25.8 Å². The summed E-state index contributed by atoms with van der Waals surface area (Å²) in [7, 11) is 0. The molecule has 0 aromatic heterocycles. The number of benzene rings is 1. The fourth-order valence-corrected chi connectivity index (χ4v) is 2.41. The van der Waals surface area contributed by atoms with Crippen LogP contribution in [0.15, 0.2) is 6.07 Å². The molecule has 0 heterocycles. The van der Waals surface area contributed by atoms with Crippen LogP contribution in [0, 0.1) is 20.2 Å². The first-order chi connectivity index (χ1) is 11.4. The molecule has 1 atom stereocenters. The van der Waals surface area contributed by atoms with Gasteiger partial charge in [0, 0.05) is 19.2 Å². The monoisotopic (exact) mass is 366 g/mol. The number of halogens is 3. The summed E-state index contributed by atoms with van der Waals surface area (Å²) < 4.78 is 39.1. The van der Waals surface area contributed by atoms with E-state index in [9.17, 15) is 38.5 Å². The number of rotatable bonds is 7. The van der Waals surface area contributed by atoms with Crippen molar-refractivity contribution in [3.8, 4) is 0 Å². The highest BCUT2D eigenvalue weighted by molar-refractivity contribution is 5.86. The molecule has 0 aliphatic carbocycles. The lowest BCUT2D eigenvalue weighted by molar-refractivity contribution is -0.392. The average molecular weight is 366 g/mol. The third-order valence-electron chi connectivity index (χ3n) is 3.27. The number of nitrogens with zero attached hydrogens (tertiary/aromatic N) is 3. The molecule has 0 saturated heterocycles. The number of nitrogen functional groups attached to an aromatic ring is 1. The molecule has 1 rings (SSSR count). The van der Waals surface area contributed by atoms with Crippen LogP contribution < -0.4 is 10.6 Å². The number of aliphatic hydroxyl groups excluding tert-OH is 1. The van der Waals surface area contributed by atoms with Crippen molar-refractivity contribution in [1.82, 2.24) is 0 Å². The Morgan fingerprint density at radius 1 is 1.32 bits per heavy atom. The van der Waals surface area contributed by atoms with E-state index >= 15 is 0 Å². The Balaban J connectivity index is 3.88. The van der Waals surface area contributed by atoms with Crippen LogP contribution in [0.25, 0.3) is 0 Å². The van der Waals surface area contributed by atoms with Crippen molar-refractivity contribution < 1.29 is 28.1 Å². The van der Waals surface area contributed by atoms with Gasteiger partial charge in [0.1, 0.15) is 5.69 Å². The summed E-state index contributed by atoms with van der Waals surface area (Å²) in [5, 5.41) is 32.1. The summed E-state index contributed by atoms with van der Waals surface area (Å²) in [6, 6.07) is 0.183. The third kappa shape index (κ3) is 4.47. The Morgan fingerprint density at radius 2 is 1.88 bits per heavy atom. The maximum atomic E-state index is 13.0. The summed E-state index contributed by atoms with van der Waals surface area (Å²) in [6.45, 7) is 2.80. The molecule has 0 aliphatic rings. The van der Waals surface area contributed by atoms with E-state index in [1.807, 2.05) is 0 Å². The summed E-state index contributed by atoms with van der Waals surface area (Å²) in [4.78, 5) is 21.4. The molecular formula is C13H17F3N4O5. The van der Waals surface area contributed by atoms with Crippen molar-refractivity contribution in [2.24, 2.45) is 0 Å². The molecule has 1 aromatic rings. The minimum absolute atomic E-state index is 0.0391. The van der Waals surface area contributed by atoms with Crippen molar-refractivity contribution in [3.05, 3.63) is 31.9 Å². The van der Waals surface area contributed by atoms with Crippen LogP contribution in [0.3, 0.4) is 0 Å². The van der Waals surface area contributed by atoms with Gasteiger partial charge in [0.15, 0.2) is 5.69 Å². The Kier molecular flexibility index (Phi) is 6.13. The standard InChI is InChI=1S/C13H17F3N4O5/c1-3-4-18(6-7(2)21)11-9(19(22)23)5-8(13(14,15)16)10(17)12(11)20(24)25/h5,7,21H,3-4,6,17H2,1-2H3. The van der Waals surface area contributed by atoms with E-state index in [4.69, 9.17) is 5.73 Å². The first kappa shape index (κ1) is 20.4. The molecule has 0 saturated carbocycles. The molecule has 0 amide bonds. The smallest absolute Gasteiger partial charge is 0.393 e. The highest BCUT2D eigenvalue weighted by Gasteiger charge is 2.43. The fourth-order valence-electron chi connectivity index (χ4n) is 2.41. The first-order valence-corrected chi connectivity index (χ1v) is 7.17. The Morgan fingerprint density at radius 3 is 2.24 bits per heavy atom. The van der Waals surface area contributed by atoms with Crippen LogP contribution in [-0.2, 0) is 6.18 Å². The molecular weight excluding hydrogens is 349 g/mol. The molecule has 0 aliphatic heterocycles. The predicted molar refractivity (Wildman–Crippen MR) is 83.4 cm³/mol. The molecule has 0 spiro atoms. The Labute approximate surface area is 140 Å². The maximum absolute atomic E-state index is 13.0. The van der Waals surface area contributed by atoms with E-state index < -0.39 is 50.4 Å². The zero-order chi connectivity index (χ0) is 19.5. The quantitative estimate of drug-likeness (QED) is 0.430. The average Bonchev–Trinajstić information content (AvgIpc) is 2.43. The normalized spacial score (nSPS) is 12.7. The summed E-state index contributed by atoms with van der Waals surface area (Å²) in [5.41, 5.74) is -0.466. The molecule has 0 radical (unpaired) electrons. The molecule has 0 bridgehead atoms. The Bertz CT molecular complexity index is 679. The number of hydrogen-bond acceptors (Lipinski definition) is 7. The number of nitro benzene ring substituents is 2.